The van der Waals surface area contributed by atoms with Crippen LogP contribution in [0.4, 0.5) is 5.69 Å². The number of hydrogen-bond acceptors (Lipinski definition) is 3. The van der Waals surface area contributed by atoms with Crippen LogP contribution in [0.5, 0.6) is 0 Å². The Morgan fingerprint density at radius 1 is 1.16 bits per heavy atom. The van der Waals surface area contributed by atoms with Crippen molar-refractivity contribution in [3.8, 4) is 6.07 Å². The number of hydrogen-bond donors (Lipinski definition) is 1. The summed E-state index contributed by atoms with van der Waals surface area (Å²) >= 11 is 7.64. The summed E-state index contributed by atoms with van der Waals surface area (Å²) in [6.07, 6.45) is 0. The summed E-state index contributed by atoms with van der Waals surface area (Å²) in [7, 11) is 0. The lowest BCUT2D eigenvalue weighted by molar-refractivity contribution is 0.805. The molecule has 2 unspecified atom stereocenters. The van der Waals surface area contributed by atoms with Gasteiger partial charge in [-0.1, -0.05) is 35.9 Å². The van der Waals surface area contributed by atoms with Crippen molar-refractivity contribution in [3.05, 3.63) is 59.1 Å². The molecule has 1 heterocycles. The summed E-state index contributed by atoms with van der Waals surface area (Å²) < 4.78 is 0. The Hall–Kier alpha value is -1.63. The number of nitrogens with one attached hydrogen (secondary N) is 1. The van der Waals surface area contributed by atoms with Crippen LogP contribution >= 0.6 is 23.4 Å². The van der Waals surface area contributed by atoms with Crippen molar-refractivity contribution in [1.29, 1.82) is 5.26 Å². The molecule has 2 nitrogen and oxygen atoms in total. The van der Waals surface area contributed by atoms with E-state index in [1.807, 2.05) is 48.5 Å². The molecule has 19 heavy (non-hydrogen) atoms. The first-order chi connectivity index (χ1) is 9.28. The van der Waals surface area contributed by atoms with Gasteiger partial charge in [-0.3, -0.25) is 0 Å². The standard InChI is InChI=1S/C15H11ClN2S/c16-11-5-3-4-10(8-11)15-14(9-17)19-13-7-2-1-6-12(13)18-15/h1-8,14-15,18H. The topological polar surface area (TPSA) is 35.8 Å². The van der Waals surface area contributed by atoms with Crippen molar-refractivity contribution < 1.29 is 0 Å². The SMILES string of the molecule is N#CC1Sc2ccccc2NC1c1cccc(Cl)c1. The molecule has 0 fully saturated rings. The van der Waals surface area contributed by atoms with Gasteiger partial charge in [-0.25, -0.2) is 0 Å². The fourth-order valence-corrected chi connectivity index (χ4v) is 3.49. The molecule has 1 aliphatic rings. The van der Waals surface area contributed by atoms with E-state index in [4.69, 9.17) is 11.6 Å². The first-order valence-corrected chi connectivity index (χ1v) is 7.21. The molecule has 0 radical (unpaired) electrons. The molecule has 0 saturated heterocycles. The van der Waals surface area contributed by atoms with Gasteiger partial charge in [0.25, 0.3) is 0 Å². The first-order valence-electron chi connectivity index (χ1n) is 5.95. The maximum absolute atomic E-state index is 9.37. The molecular weight excluding hydrogens is 276 g/mol. The summed E-state index contributed by atoms with van der Waals surface area (Å²) in [4.78, 5) is 1.12. The Morgan fingerprint density at radius 2 is 2.00 bits per heavy atom. The van der Waals surface area contributed by atoms with Crippen LogP contribution < -0.4 is 5.32 Å². The molecule has 2 aromatic rings. The van der Waals surface area contributed by atoms with Crippen LogP contribution in [0.25, 0.3) is 0 Å². The van der Waals surface area contributed by atoms with E-state index < -0.39 is 0 Å². The van der Waals surface area contributed by atoms with Gasteiger partial charge in [-0.15, -0.1) is 11.8 Å². The van der Waals surface area contributed by atoms with Crippen LogP contribution in [-0.4, -0.2) is 5.25 Å². The summed E-state index contributed by atoms with van der Waals surface area (Å²) in [5.41, 5.74) is 2.12. The summed E-state index contributed by atoms with van der Waals surface area (Å²) in [6.45, 7) is 0. The van der Waals surface area contributed by atoms with Gasteiger partial charge in [0.15, 0.2) is 0 Å². The van der Waals surface area contributed by atoms with E-state index in [-0.39, 0.29) is 11.3 Å². The van der Waals surface area contributed by atoms with E-state index in [1.54, 1.807) is 11.8 Å². The lowest BCUT2D eigenvalue weighted by Gasteiger charge is -2.30. The van der Waals surface area contributed by atoms with E-state index in [2.05, 4.69) is 11.4 Å². The number of rotatable bonds is 1. The number of halogens is 1. The van der Waals surface area contributed by atoms with Gasteiger partial charge in [0.05, 0.1) is 12.1 Å². The highest BCUT2D eigenvalue weighted by Crippen LogP contribution is 2.43. The van der Waals surface area contributed by atoms with Crippen molar-refractivity contribution in [2.75, 3.05) is 5.32 Å². The third kappa shape index (κ3) is 2.42. The smallest absolute Gasteiger partial charge is 0.121 e. The molecule has 0 amide bonds. The maximum Gasteiger partial charge on any atom is 0.121 e. The van der Waals surface area contributed by atoms with Crippen molar-refractivity contribution in [1.82, 2.24) is 0 Å². The molecule has 2 aromatic carbocycles. The summed E-state index contributed by atoms with van der Waals surface area (Å²) in [5, 5.41) is 13.3. The average molecular weight is 287 g/mol. The third-order valence-electron chi connectivity index (χ3n) is 3.09. The highest BCUT2D eigenvalue weighted by atomic mass is 35.5. The van der Waals surface area contributed by atoms with Crippen LogP contribution in [-0.2, 0) is 0 Å². The Balaban J connectivity index is 2.00. The fourth-order valence-electron chi connectivity index (χ4n) is 2.20. The van der Waals surface area contributed by atoms with Crippen LogP contribution in [0.3, 0.4) is 0 Å². The maximum atomic E-state index is 9.37. The molecule has 1 N–H and O–H groups in total. The predicted molar refractivity (Wildman–Crippen MR) is 79.5 cm³/mol. The molecule has 0 aliphatic carbocycles. The minimum atomic E-state index is -0.159. The van der Waals surface area contributed by atoms with Crippen molar-refractivity contribution in [3.63, 3.8) is 0 Å². The monoisotopic (exact) mass is 286 g/mol. The molecule has 1 aliphatic heterocycles. The van der Waals surface area contributed by atoms with Crippen LogP contribution in [0.1, 0.15) is 11.6 Å². The second-order valence-electron chi connectivity index (χ2n) is 4.34. The van der Waals surface area contributed by atoms with Gasteiger partial charge >= 0.3 is 0 Å². The lowest BCUT2D eigenvalue weighted by atomic mass is 10.0. The number of nitriles is 1. The van der Waals surface area contributed by atoms with Crippen molar-refractivity contribution >= 4 is 29.1 Å². The van der Waals surface area contributed by atoms with E-state index in [1.165, 1.54) is 0 Å². The molecule has 3 rings (SSSR count). The second-order valence-corrected chi connectivity index (χ2v) is 5.96. The van der Waals surface area contributed by atoms with E-state index in [0.29, 0.717) is 5.02 Å². The average Bonchev–Trinajstić information content (AvgIpc) is 2.46. The number of benzene rings is 2. The Kier molecular flexibility index (Phi) is 3.37. The zero-order chi connectivity index (χ0) is 13.2. The Bertz CT molecular complexity index is 651. The van der Waals surface area contributed by atoms with Crippen molar-refractivity contribution in [2.24, 2.45) is 0 Å². The molecule has 2 atom stereocenters. The van der Waals surface area contributed by atoms with Gasteiger partial charge in [-0.05, 0) is 29.8 Å². The Labute approximate surface area is 121 Å². The fraction of sp³-hybridized carbons (Fsp3) is 0.133. The van der Waals surface area contributed by atoms with Gasteiger partial charge in [-0.2, -0.15) is 5.26 Å². The largest absolute Gasteiger partial charge is 0.375 e. The van der Waals surface area contributed by atoms with E-state index in [9.17, 15) is 5.26 Å². The van der Waals surface area contributed by atoms with Gasteiger partial charge in [0, 0.05) is 15.6 Å². The normalized spacial score (nSPS) is 21.1. The number of nitrogens with zero attached hydrogens (tertiary/aromatic N) is 1. The second kappa shape index (κ2) is 5.16. The van der Waals surface area contributed by atoms with Gasteiger partial charge in [0.2, 0.25) is 0 Å². The quantitative estimate of drug-likeness (QED) is 0.839. The van der Waals surface area contributed by atoms with E-state index >= 15 is 0 Å². The number of fused-ring (bicyclic) bond motifs is 1. The Morgan fingerprint density at radius 3 is 2.79 bits per heavy atom. The van der Waals surface area contributed by atoms with Gasteiger partial charge < -0.3 is 5.32 Å². The minimum Gasteiger partial charge on any atom is -0.375 e. The van der Waals surface area contributed by atoms with Crippen LogP contribution in [0.2, 0.25) is 5.02 Å². The molecular formula is C15H11ClN2S. The predicted octanol–water partition coefficient (Wildman–Crippen LogP) is 4.49. The lowest BCUT2D eigenvalue weighted by Crippen LogP contribution is -2.25. The minimum absolute atomic E-state index is 0.0383. The molecule has 4 heteroatoms. The third-order valence-corrected chi connectivity index (χ3v) is 4.57. The molecule has 0 spiro atoms. The van der Waals surface area contributed by atoms with Gasteiger partial charge in [0.1, 0.15) is 5.25 Å². The summed E-state index contributed by atoms with van der Waals surface area (Å²) in [6, 6.07) is 18.1. The zero-order valence-corrected chi connectivity index (χ0v) is 11.6. The molecule has 0 saturated carbocycles. The van der Waals surface area contributed by atoms with Crippen LogP contribution in [0, 0.1) is 11.3 Å². The first kappa shape index (κ1) is 12.4. The number of thioether (sulfide) groups is 1. The molecule has 0 bridgehead atoms. The highest BCUT2D eigenvalue weighted by molar-refractivity contribution is 8.00. The van der Waals surface area contributed by atoms with Crippen LogP contribution in [0.15, 0.2) is 53.4 Å². The number of anilines is 1. The summed E-state index contributed by atoms with van der Waals surface area (Å²) in [5.74, 6) is 0. The van der Waals surface area contributed by atoms with Crippen molar-refractivity contribution in [2.45, 2.75) is 16.2 Å². The highest BCUT2D eigenvalue weighted by Gasteiger charge is 2.29. The molecule has 94 valence electrons. The zero-order valence-electron chi connectivity index (χ0n) is 10.0. The number of para-hydroxylation sites is 1. The van der Waals surface area contributed by atoms with E-state index in [0.717, 1.165) is 16.1 Å². The molecule has 0 aromatic heterocycles.